The van der Waals surface area contributed by atoms with Crippen molar-refractivity contribution in [2.45, 2.75) is 43.9 Å². The van der Waals surface area contributed by atoms with E-state index in [-0.39, 0.29) is 42.6 Å². The fourth-order valence-electron chi connectivity index (χ4n) is 3.66. The fraction of sp³-hybridized carbons (Fsp3) is 0.360. The van der Waals surface area contributed by atoms with Crippen LogP contribution in [-0.2, 0) is 33.4 Å². The molecule has 0 radical (unpaired) electrons. The van der Waals surface area contributed by atoms with Gasteiger partial charge in [-0.05, 0) is 55.8 Å². The van der Waals surface area contributed by atoms with Gasteiger partial charge in [0, 0.05) is 25.3 Å². The van der Waals surface area contributed by atoms with Gasteiger partial charge < -0.3 is 18.9 Å². The standard InChI is InChI=1S/C25H30FN3O5S/c1-18(2)29(24(30)20-8-10-21(26)11-9-20)16-22-15-27-25(28(22)12-13-33-3)35(31,32)17-19-6-5-7-23(14-19)34-4/h5-11,14-15,18H,12-13,16-17H2,1-4H3. The summed E-state index contributed by atoms with van der Waals surface area (Å²) in [4.78, 5) is 19.0. The predicted molar refractivity (Wildman–Crippen MR) is 129 cm³/mol. The Morgan fingerprint density at radius 2 is 1.86 bits per heavy atom. The molecule has 0 saturated heterocycles. The van der Waals surface area contributed by atoms with Crippen LogP contribution in [0.15, 0.2) is 59.9 Å². The third kappa shape index (κ3) is 6.46. The molecule has 3 aromatic rings. The topological polar surface area (TPSA) is 90.7 Å². The molecule has 35 heavy (non-hydrogen) atoms. The number of carbonyl (C=O) groups excluding carboxylic acids is 1. The molecule has 0 fully saturated rings. The largest absolute Gasteiger partial charge is 0.497 e. The maximum absolute atomic E-state index is 13.3. The van der Waals surface area contributed by atoms with Gasteiger partial charge in [0.05, 0.1) is 37.9 Å². The molecule has 0 aliphatic rings. The van der Waals surface area contributed by atoms with E-state index in [0.29, 0.717) is 22.6 Å². The second-order valence-electron chi connectivity index (χ2n) is 8.32. The minimum atomic E-state index is -3.82. The molecule has 0 bridgehead atoms. The highest BCUT2D eigenvalue weighted by molar-refractivity contribution is 7.90. The Morgan fingerprint density at radius 3 is 2.49 bits per heavy atom. The second kappa shape index (κ2) is 11.5. The highest BCUT2D eigenvalue weighted by atomic mass is 32.2. The summed E-state index contributed by atoms with van der Waals surface area (Å²) in [5.41, 5.74) is 1.46. The molecule has 0 saturated carbocycles. The lowest BCUT2D eigenvalue weighted by atomic mass is 10.1. The van der Waals surface area contributed by atoms with Gasteiger partial charge in [0.25, 0.3) is 5.91 Å². The zero-order chi connectivity index (χ0) is 25.6. The van der Waals surface area contributed by atoms with Gasteiger partial charge in [-0.2, -0.15) is 0 Å². The lowest BCUT2D eigenvalue weighted by Gasteiger charge is -2.27. The van der Waals surface area contributed by atoms with Crippen LogP contribution in [0, 0.1) is 5.82 Å². The van der Waals surface area contributed by atoms with Crippen molar-refractivity contribution in [2.75, 3.05) is 20.8 Å². The van der Waals surface area contributed by atoms with Crippen LogP contribution in [0.2, 0.25) is 0 Å². The summed E-state index contributed by atoms with van der Waals surface area (Å²) in [6, 6.07) is 12.0. The van der Waals surface area contributed by atoms with E-state index in [1.165, 1.54) is 44.7 Å². The number of carbonyl (C=O) groups is 1. The van der Waals surface area contributed by atoms with Gasteiger partial charge in [0.15, 0.2) is 0 Å². The maximum Gasteiger partial charge on any atom is 0.254 e. The number of benzene rings is 2. The van der Waals surface area contributed by atoms with Crippen molar-refractivity contribution in [3.8, 4) is 5.75 Å². The third-order valence-corrected chi connectivity index (χ3v) is 7.09. The smallest absolute Gasteiger partial charge is 0.254 e. The van der Waals surface area contributed by atoms with Crippen molar-refractivity contribution in [3.05, 3.63) is 77.4 Å². The van der Waals surface area contributed by atoms with Crippen LogP contribution in [0.4, 0.5) is 4.39 Å². The lowest BCUT2D eigenvalue weighted by Crippen LogP contribution is -2.37. The van der Waals surface area contributed by atoms with Gasteiger partial charge in [0.2, 0.25) is 15.0 Å². The van der Waals surface area contributed by atoms with Gasteiger partial charge in [-0.3, -0.25) is 4.79 Å². The molecule has 10 heteroatoms. The molecule has 188 valence electrons. The highest BCUT2D eigenvalue weighted by Crippen LogP contribution is 2.22. The molecule has 0 spiro atoms. The number of imidazole rings is 1. The summed E-state index contributed by atoms with van der Waals surface area (Å²) >= 11 is 0. The minimum Gasteiger partial charge on any atom is -0.497 e. The average molecular weight is 504 g/mol. The van der Waals surface area contributed by atoms with Crippen LogP contribution in [-0.4, -0.2) is 55.6 Å². The zero-order valence-electron chi connectivity index (χ0n) is 20.3. The van der Waals surface area contributed by atoms with Crippen LogP contribution < -0.4 is 4.74 Å². The number of nitrogens with zero attached hydrogens (tertiary/aromatic N) is 3. The number of hydrogen-bond donors (Lipinski definition) is 0. The molecule has 0 aliphatic carbocycles. The molecule has 1 aromatic heterocycles. The van der Waals surface area contributed by atoms with Crippen molar-refractivity contribution >= 4 is 15.7 Å². The summed E-state index contributed by atoms with van der Waals surface area (Å²) in [5.74, 6) is -0.412. The first kappa shape index (κ1) is 26.4. The molecular weight excluding hydrogens is 473 g/mol. The molecule has 0 N–H and O–H groups in total. The third-order valence-electron chi connectivity index (χ3n) is 5.50. The molecule has 8 nitrogen and oxygen atoms in total. The van der Waals surface area contributed by atoms with Crippen LogP contribution in [0.1, 0.15) is 35.5 Å². The molecule has 2 aromatic carbocycles. The van der Waals surface area contributed by atoms with E-state index in [2.05, 4.69) is 4.98 Å². The molecule has 1 amide bonds. The zero-order valence-corrected chi connectivity index (χ0v) is 21.1. The molecular formula is C25H30FN3O5S. The lowest BCUT2D eigenvalue weighted by molar-refractivity contribution is 0.0684. The van der Waals surface area contributed by atoms with Crippen LogP contribution in [0.3, 0.4) is 0 Å². The van der Waals surface area contributed by atoms with Gasteiger partial charge in [0.1, 0.15) is 11.6 Å². The van der Waals surface area contributed by atoms with E-state index in [1.54, 1.807) is 33.7 Å². The normalized spacial score (nSPS) is 11.6. The van der Waals surface area contributed by atoms with Gasteiger partial charge in [-0.1, -0.05) is 12.1 Å². The van der Waals surface area contributed by atoms with Crippen molar-refractivity contribution < 1.29 is 27.1 Å². The van der Waals surface area contributed by atoms with Gasteiger partial charge in [-0.15, -0.1) is 0 Å². The van der Waals surface area contributed by atoms with E-state index in [4.69, 9.17) is 9.47 Å². The average Bonchev–Trinajstić information content (AvgIpc) is 3.24. The van der Waals surface area contributed by atoms with E-state index >= 15 is 0 Å². The van der Waals surface area contributed by atoms with Crippen molar-refractivity contribution in [3.63, 3.8) is 0 Å². The molecule has 0 aliphatic heterocycles. The van der Waals surface area contributed by atoms with Crippen molar-refractivity contribution in [1.82, 2.24) is 14.5 Å². The number of hydrogen-bond acceptors (Lipinski definition) is 6. The second-order valence-corrected chi connectivity index (χ2v) is 10.2. The van der Waals surface area contributed by atoms with Crippen LogP contribution >= 0.6 is 0 Å². The minimum absolute atomic E-state index is 0.0923. The number of rotatable bonds is 11. The van der Waals surface area contributed by atoms with Crippen molar-refractivity contribution in [1.29, 1.82) is 0 Å². The number of aromatic nitrogens is 2. The summed E-state index contributed by atoms with van der Waals surface area (Å²) in [6.07, 6.45) is 1.47. The van der Waals surface area contributed by atoms with Crippen LogP contribution in [0.25, 0.3) is 0 Å². The number of ether oxygens (including phenoxy) is 2. The Balaban J connectivity index is 1.94. The monoisotopic (exact) mass is 503 g/mol. The van der Waals surface area contributed by atoms with Crippen molar-refractivity contribution in [2.24, 2.45) is 0 Å². The summed E-state index contributed by atoms with van der Waals surface area (Å²) in [6.45, 7) is 4.35. The number of halogens is 1. The van der Waals surface area contributed by atoms with Crippen LogP contribution in [0.5, 0.6) is 5.75 Å². The molecule has 1 heterocycles. The first-order chi connectivity index (χ1) is 16.7. The molecule has 3 rings (SSSR count). The van der Waals surface area contributed by atoms with E-state index < -0.39 is 15.7 Å². The highest BCUT2D eigenvalue weighted by Gasteiger charge is 2.27. The first-order valence-electron chi connectivity index (χ1n) is 11.1. The summed E-state index contributed by atoms with van der Waals surface area (Å²) in [5, 5.41) is -0.0923. The summed E-state index contributed by atoms with van der Waals surface area (Å²) < 4.78 is 51.9. The summed E-state index contributed by atoms with van der Waals surface area (Å²) in [7, 11) is -0.770. The Bertz CT molecular complexity index is 1260. The van der Waals surface area contributed by atoms with E-state index in [9.17, 15) is 17.6 Å². The number of amides is 1. The predicted octanol–water partition coefficient (Wildman–Crippen LogP) is 3.70. The Labute approximate surface area is 205 Å². The number of methoxy groups -OCH3 is 2. The van der Waals surface area contributed by atoms with E-state index in [1.807, 2.05) is 13.8 Å². The Morgan fingerprint density at radius 1 is 1.14 bits per heavy atom. The molecule has 0 atom stereocenters. The SMILES string of the molecule is COCCn1c(CN(C(=O)c2ccc(F)cc2)C(C)C)cnc1S(=O)(=O)Cc1cccc(OC)c1. The first-order valence-corrected chi connectivity index (χ1v) is 12.8. The maximum atomic E-state index is 13.3. The fourth-order valence-corrected chi connectivity index (χ4v) is 5.16. The quantitative estimate of drug-likeness (QED) is 0.396. The van der Waals surface area contributed by atoms with E-state index in [0.717, 1.165) is 0 Å². The molecule has 0 unspecified atom stereocenters. The Kier molecular flexibility index (Phi) is 8.63. The van der Waals surface area contributed by atoms with Gasteiger partial charge in [-0.25, -0.2) is 17.8 Å². The number of sulfone groups is 1. The van der Waals surface area contributed by atoms with Gasteiger partial charge >= 0.3 is 0 Å². The Hall–Kier alpha value is -3.24.